The van der Waals surface area contributed by atoms with Crippen LogP contribution in [-0.4, -0.2) is 14.4 Å². The molecule has 0 fully saturated rings. The number of esters is 1. The van der Waals surface area contributed by atoms with E-state index in [1.54, 1.807) is 30.3 Å². The van der Waals surface area contributed by atoms with Gasteiger partial charge in [-0.15, -0.1) is 0 Å². The van der Waals surface area contributed by atoms with Crippen LogP contribution in [0.4, 0.5) is 5.69 Å². The smallest absolute Gasteiger partial charge is 0.343 e. The molecule has 0 aromatic heterocycles. The molecule has 0 saturated carbocycles. The molecular weight excluding hydrogens is 409 g/mol. The van der Waals surface area contributed by atoms with Gasteiger partial charge < -0.3 is 4.74 Å². The van der Waals surface area contributed by atoms with Gasteiger partial charge in [0.1, 0.15) is 5.75 Å². The van der Waals surface area contributed by atoms with E-state index in [1.165, 1.54) is 42.5 Å². The van der Waals surface area contributed by atoms with Crippen molar-refractivity contribution in [3.63, 3.8) is 0 Å². The van der Waals surface area contributed by atoms with Gasteiger partial charge in [-0.05, 0) is 54.6 Å². The lowest BCUT2D eigenvalue weighted by Gasteiger charge is -2.11. The molecule has 3 rings (SSSR count). The topological polar surface area (TPSA) is 72.5 Å². The molecule has 8 heteroatoms. The van der Waals surface area contributed by atoms with Crippen molar-refractivity contribution in [2.45, 2.75) is 4.90 Å². The number of carbonyl (C=O) groups excluding carboxylic acids is 1. The highest BCUT2D eigenvalue weighted by Crippen LogP contribution is 2.29. The molecule has 0 radical (unpaired) electrons. The summed E-state index contributed by atoms with van der Waals surface area (Å²) in [5, 5.41) is 0.525. The van der Waals surface area contributed by atoms with Crippen molar-refractivity contribution in [3.8, 4) is 5.75 Å². The van der Waals surface area contributed by atoms with Gasteiger partial charge in [-0.1, -0.05) is 41.4 Å². The number of benzene rings is 3. The lowest BCUT2D eigenvalue weighted by Crippen LogP contribution is -2.13. The molecule has 0 bridgehead atoms. The molecule has 138 valence electrons. The summed E-state index contributed by atoms with van der Waals surface area (Å²) >= 11 is 11.9. The van der Waals surface area contributed by atoms with Crippen LogP contribution in [-0.2, 0) is 10.0 Å². The largest absolute Gasteiger partial charge is 0.421 e. The van der Waals surface area contributed by atoms with Gasteiger partial charge in [0.15, 0.2) is 0 Å². The zero-order valence-corrected chi connectivity index (χ0v) is 16.1. The Kier molecular flexibility index (Phi) is 5.70. The Morgan fingerprint density at radius 1 is 0.889 bits per heavy atom. The van der Waals surface area contributed by atoms with Crippen LogP contribution >= 0.6 is 23.2 Å². The predicted molar refractivity (Wildman–Crippen MR) is 105 cm³/mol. The summed E-state index contributed by atoms with van der Waals surface area (Å²) in [4.78, 5) is 12.1. The second-order valence-corrected chi connectivity index (χ2v) is 7.99. The summed E-state index contributed by atoms with van der Waals surface area (Å²) in [5.74, 6) is -0.438. The monoisotopic (exact) mass is 421 g/mol. The summed E-state index contributed by atoms with van der Waals surface area (Å²) in [6.07, 6.45) is 0. The fourth-order valence-electron chi connectivity index (χ4n) is 2.21. The van der Waals surface area contributed by atoms with Gasteiger partial charge in [0.2, 0.25) is 0 Å². The first-order valence-electron chi connectivity index (χ1n) is 7.70. The molecule has 5 nitrogen and oxygen atoms in total. The summed E-state index contributed by atoms with van der Waals surface area (Å²) in [6.45, 7) is 0. The molecule has 0 unspecified atom stereocenters. The van der Waals surface area contributed by atoms with Crippen LogP contribution in [0.5, 0.6) is 5.75 Å². The van der Waals surface area contributed by atoms with Crippen molar-refractivity contribution in [2.24, 2.45) is 0 Å². The van der Waals surface area contributed by atoms with Gasteiger partial charge >= 0.3 is 5.97 Å². The van der Waals surface area contributed by atoms with Crippen LogP contribution in [0.3, 0.4) is 0 Å². The highest BCUT2D eigenvalue weighted by molar-refractivity contribution is 7.92. The normalized spacial score (nSPS) is 11.0. The summed E-state index contributed by atoms with van der Waals surface area (Å²) < 4.78 is 32.4. The van der Waals surface area contributed by atoms with E-state index in [4.69, 9.17) is 27.9 Å². The molecule has 0 heterocycles. The van der Waals surface area contributed by atoms with Gasteiger partial charge in [0.05, 0.1) is 21.2 Å². The lowest BCUT2D eigenvalue weighted by molar-refractivity contribution is 0.0735. The number of hydrogen-bond donors (Lipinski definition) is 1. The maximum absolute atomic E-state index is 12.4. The first-order chi connectivity index (χ1) is 12.8. The number of halogens is 2. The molecule has 27 heavy (non-hydrogen) atoms. The molecule has 0 amide bonds. The Labute approximate surface area is 166 Å². The average molecular weight is 422 g/mol. The average Bonchev–Trinajstić information content (AvgIpc) is 2.64. The van der Waals surface area contributed by atoms with Crippen molar-refractivity contribution in [1.29, 1.82) is 0 Å². The molecular formula is C19H13Cl2NO4S. The predicted octanol–water partition coefficient (Wildman–Crippen LogP) is 5.01. The molecule has 0 saturated heterocycles. The highest BCUT2D eigenvalue weighted by atomic mass is 35.5. The SMILES string of the molecule is O=C(Oc1ccc(NS(=O)(=O)c2ccc(Cl)cc2)cc1Cl)c1ccccc1. The zero-order chi connectivity index (χ0) is 19.4. The molecule has 3 aromatic carbocycles. The number of rotatable bonds is 5. The number of hydrogen-bond acceptors (Lipinski definition) is 4. The van der Waals surface area contributed by atoms with Crippen LogP contribution < -0.4 is 9.46 Å². The Hall–Kier alpha value is -2.54. The minimum absolute atomic E-state index is 0.0580. The van der Waals surface area contributed by atoms with Gasteiger partial charge in [-0.2, -0.15) is 0 Å². The number of ether oxygens (including phenoxy) is 1. The second kappa shape index (κ2) is 8.00. The van der Waals surface area contributed by atoms with Gasteiger partial charge in [0, 0.05) is 5.02 Å². The first-order valence-corrected chi connectivity index (χ1v) is 9.94. The van der Waals surface area contributed by atoms with E-state index >= 15 is 0 Å². The number of sulfonamides is 1. The first kappa shape index (κ1) is 19.2. The summed E-state index contributed by atoms with van der Waals surface area (Å²) in [7, 11) is -3.80. The third kappa shape index (κ3) is 4.80. The Bertz CT molecular complexity index is 1070. The molecule has 0 aliphatic rings. The van der Waals surface area contributed by atoms with Crippen molar-refractivity contribution in [3.05, 3.63) is 88.4 Å². The van der Waals surface area contributed by atoms with Crippen molar-refractivity contribution >= 4 is 44.9 Å². The third-order valence-electron chi connectivity index (χ3n) is 3.52. The second-order valence-electron chi connectivity index (χ2n) is 5.46. The van der Waals surface area contributed by atoms with Crippen LogP contribution in [0.1, 0.15) is 10.4 Å². The van der Waals surface area contributed by atoms with Crippen LogP contribution in [0.25, 0.3) is 0 Å². The maximum atomic E-state index is 12.4. The van der Waals surface area contributed by atoms with E-state index in [2.05, 4.69) is 4.72 Å². The molecule has 0 aliphatic carbocycles. The number of anilines is 1. The summed E-state index contributed by atoms with van der Waals surface area (Å²) in [5.41, 5.74) is 0.607. The van der Waals surface area contributed by atoms with Crippen molar-refractivity contribution < 1.29 is 17.9 Å². The van der Waals surface area contributed by atoms with Crippen LogP contribution in [0, 0.1) is 0 Å². The van der Waals surface area contributed by atoms with Gasteiger partial charge in [0.25, 0.3) is 10.0 Å². The Balaban J connectivity index is 1.76. The van der Waals surface area contributed by atoms with E-state index in [-0.39, 0.29) is 21.4 Å². The van der Waals surface area contributed by atoms with Crippen LogP contribution in [0.15, 0.2) is 77.7 Å². The maximum Gasteiger partial charge on any atom is 0.343 e. The van der Waals surface area contributed by atoms with E-state index < -0.39 is 16.0 Å². The molecule has 0 aliphatic heterocycles. The molecule has 3 aromatic rings. The quantitative estimate of drug-likeness (QED) is 0.463. The highest BCUT2D eigenvalue weighted by Gasteiger charge is 2.16. The Morgan fingerprint density at radius 2 is 1.56 bits per heavy atom. The van der Waals surface area contributed by atoms with Crippen molar-refractivity contribution in [1.82, 2.24) is 0 Å². The van der Waals surface area contributed by atoms with E-state index in [0.717, 1.165) is 0 Å². The Morgan fingerprint density at radius 3 is 2.19 bits per heavy atom. The van der Waals surface area contributed by atoms with E-state index in [9.17, 15) is 13.2 Å². The fraction of sp³-hybridized carbons (Fsp3) is 0. The molecule has 1 N–H and O–H groups in total. The third-order valence-corrected chi connectivity index (χ3v) is 5.46. The molecule has 0 atom stereocenters. The van der Waals surface area contributed by atoms with E-state index in [1.807, 2.05) is 0 Å². The van der Waals surface area contributed by atoms with Crippen LogP contribution in [0.2, 0.25) is 10.0 Å². The van der Waals surface area contributed by atoms with Crippen molar-refractivity contribution in [2.75, 3.05) is 4.72 Å². The van der Waals surface area contributed by atoms with Gasteiger partial charge in [-0.3, -0.25) is 4.72 Å². The number of carbonyl (C=O) groups is 1. The standard InChI is InChI=1S/C19H13Cl2NO4S/c20-14-6-9-16(10-7-14)27(24,25)22-15-8-11-18(17(21)12-15)26-19(23)13-4-2-1-3-5-13/h1-12,22H. The minimum Gasteiger partial charge on any atom is -0.421 e. The lowest BCUT2D eigenvalue weighted by atomic mass is 10.2. The zero-order valence-electron chi connectivity index (χ0n) is 13.7. The van der Waals surface area contributed by atoms with E-state index in [0.29, 0.717) is 10.6 Å². The molecule has 0 spiro atoms. The fourth-order valence-corrected chi connectivity index (χ4v) is 3.60. The number of nitrogens with one attached hydrogen (secondary N) is 1. The van der Waals surface area contributed by atoms with Gasteiger partial charge in [-0.25, -0.2) is 13.2 Å². The summed E-state index contributed by atoms with van der Waals surface area (Å²) in [6, 6.07) is 18.4. The minimum atomic E-state index is -3.80.